The lowest BCUT2D eigenvalue weighted by Crippen LogP contribution is -2.40. The van der Waals surface area contributed by atoms with E-state index in [0.29, 0.717) is 24.2 Å². The Hall–Kier alpha value is -2.96. The predicted molar refractivity (Wildman–Crippen MR) is 148 cm³/mol. The summed E-state index contributed by atoms with van der Waals surface area (Å²) in [5.41, 5.74) is 1.38. The number of hydrogen-bond donors (Lipinski definition) is 1. The fourth-order valence-corrected chi connectivity index (χ4v) is 7.60. The van der Waals surface area contributed by atoms with Gasteiger partial charge >= 0.3 is 0 Å². The molecule has 12 heteroatoms. The van der Waals surface area contributed by atoms with Gasteiger partial charge in [-0.1, -0.05) is 54.1 Å². The third kappa shape index (κ3) is 6.98. The molecule has 1 heterocycles. The Morgan fingerprint density at radius 3 is 2.26 bits per heavy atom. The molecule has 0 unspecified atom stereocenters. The highest BCUT2D eigenvalue weighted by Crippen LogP contribution is 2.30. The van der Waals surface area contributed by atoms with Crippen molar-refractivity contribution in [2.75, 3.05) is 26.7 Å². The predicted octanol–water partition coefficient (Wildman–Crippen LogP) is 3.64. The molecule has 1 fully saturated rings. The molecule has 1 aliphatic heterocycles. The fourth-order valence-electron chi connectivity index (χ4n) is 4.28. The number of carbonyl (C=O) groups is 1. The van der Waals surface area contributed by atoms with Crippen molar-refractivity contribution in [2.45, 2.75) is 35.7 Å². The van der Waals surface area contributed by atoms with E-state index in [-0.39, 0.29) is 33.7 Å². The van der Waals surface area contributed by atoms with E-state index >= 15 is 0 Å². The number of amides is 1. The number of sulfonamides is 2. The number of hydrogen-bond acceptors (Lipinski definition) is 6. The average Bonchev–Trinajstić information content (AvgIpc) is 3.49. The lowest BCUT2D eigenvalue weighted by Gasteiger charge is -2.23. The van der Waals surface area contributed by atoms with Crippen molar-refractivity contribution in [1.29, 1.82) is 0 Å². The van der Waals surface area contributed by atoms with Crippen LogP contribution < -0.4 is 10.1 Å². The second kappa shape index (κ2) is 12.5. The van der Waals surface area contributed by atoms with Gasteiger partial charge in [0.05, 0.1) is 18.6 Å². The molecule has 1 aliphatic rings. The first-order valence-electron chi connectivity index (χ1n) is 12.3. The molecule has 39 heavy (non-hydrogen) atoms. The summed E-state index contributed by atoms with van der Waals surface area (Å²) in [6.45, 7) is 0.638. The third-order valence-electron chi connectivity index (χ3n) is 6.38. The summed E-state index contributed by atoms with van der Waals surface area (Å²) < 4.78 is 60.6. The Balaban J connectivity index is 1.49. The topological polar surface area (TPSA) is 113 Å². The second-order valence-electron chi connectivity index (χ2n) is 9.09. The SMILES string of the molecule is COc1ccc(Cl)cc1S(=O)(=O)N(CC(=O)NCc1ccc(S(=O)(=O)N2CCCC2)cc1)Cc1ccccc1. The highest BCUT2D eigenvalue weighted by molar-refractivity contribution is 7.89. The van der Waals surface area contributed by atoms with Crippen LogP contribution in [0.15, 0.2) is 82.6 Å². The van der Waals surface area contributed by atoms with Gasteiger partial charge in [0.1, 0.15) is 10.6 Å². The van der Waals surface area contributed by atoms with Gasteiger partial charge in [-0.3, -0.25) is 4.79 Å². The first-order chi connectivity index (χ1) is 18.6. The normalized spacial score (nSPS) is 14.4. The van der Waals surface area contributed by atoms with Gasteiger partial charge in [-0.15, -0.1) is 0 Å². The first-order valence-corrected chi connectivity index (χ1v) is 15.6. The van der Waals surface area contributed by atoms with Crippen LogP contribution in [-0.2, 0) is 37.9 Å². The van der Waals surface area contributed by atoms with Gasteiger partial charge in [0.25, 0.3) is 0 Å². The quantitative estimate of drug-likeness (QED) is 0.364. The number of benzene rings is 3. The van der Waals surface area contributed by atoms with Crippen LogP contribution in [-0.4, -0.2) is 58.1 Å². The summed E-state index contributed by atoms with van der Waals surface area (Å²) in [5, 5.41) is 2.95. The van der Waals surface area contributed by atoms with Gasteiger partial charge in [-0.25, -0.2) is 16.8 Å². The smallest absolute Gasteiger partial charge is 0.247 e. The molecule has 3 aromatic carbocycles. The van der Waals surface area contributed by atoms with E-state index in [0.717, 1.165) is 17.1 Å². The molecule has 0 aliphatic carbocycles. The second-order valence-corrected chi connectivity index (χ2v) is 13.4. The molecule has 0 aromatic heterocycles. The van der Waals surface area contributed by atoms with E-state index in [1.165, 1.54) is 41.7 Å². The minimum Gasteiger partial charge on any atom is -0.495 e. The van der Waals surface area contributed by atoms with Crippen LogP contribution in [0.25, 0.3) is 0 Å². The average molecular weight is 592 g/mol. The third-order valence-corrected chi connectivity index (χ3v) is 10.3. The monoisotopic (exact) mass is 591 g/mol. The van der Waals surface area contributed by atoms with Gasteiger partial charge in [0.15, 0.2) is 0 Å². The maximum absolute atomic E-state index is 13.7. The molecule has 1 amide bonds. The molecule has 0 bridgehead atoms. The zero-order valence-corrected chi connectivity index (χ0v) is 23.8. The van der Waals surface area contributed by atoms with Gasteiger partial charge in [0, 0.05) is 31.2 Å². The minimum atomic E-state index is -4.18. The largest absolute Gasteiger partial charge is 0.495 e. The van der Waals surface area contributed by atoms with Crippen molar-refractivity contribution in [3.05, 3.63) is 88.9 Å². The van der Waals surface area contributed by atoms with Crippen LogP contribution in [0.5, 0.6) is 5.75 Å². The van der Waals surface area contributed by atoms with E-state index in [1.54, 1.807) is 36.4 Å². The lowest BCUT2D eigenvalue weighted by molar-refractivity contribution is -0.121. The molecule has 0 atom stereocenters. The van der Waals surface area contributed by atoms with Crippen LogP contribution in [0.3, 0.4) is 0 Å². The highest BCUT2D eigenvalue weighted by atomic mass is 35.5. The van der Waals surface area contributed by atoms with Crippen molar-refractivity contribution in [3.8, 4) is 5.75 Å². The molecule has 0 saturated carbocycles. The summed E-state index contributed by atoms with van der Waals surface area (Å²) in [7, 11) is -6.35. The molecular formula is C27H30ClN3O6S2. The summed E-state index contributed by atoms with van der Waals surface area (Å²) in [4.78, 5) is 13.0. The van der Waals surface area contributed by atoms with Gasteiger partial charge in [0.2, 0.25) is 26.0 Å². The van der Waals surface area contributed by atoms with Crippen LogP contribution in [0.2, 0.25) is 5.02 Å². The molecule has 4 rings (SSSR count). The maximum Gasteiger partial charge on any atom is 0.247 e. The van der Waals surface area contributed by atoms with Gasteiger partial charge in [-0.2, -0.15) is 8.61 Å². The Bertz CT molecular complexity index is 1510. The van der Waals surface area contributed by atoms with E-state index in [2.05, 4.69) is 5.32 Å². The summed E-state index contributed by atoms with van der Waals surface area (Å²) >= 11 is 6.09. The fraction of sp³-hybridized carbons (Fsp3) is 0.296. The number of methoxy groups -OCH3 is 1. The Labute approximate surface area is 234 Å². The number of carbonyl (C=O) groups excluding carboxylic acids is 1. The van der Waals surface area contributed by atoms with Crippen molar-refractivity contribution in [3.63, 3.8) is 0 Å². The Kier molecular flexibility index (Phi) is 9.29. The van der Waals surface area contributed by atoms with Crippen molar-refractivity contribution < 1.29 is 26.4 Å². The number of halogens is 1. The highest BCUT2D eigenvalue weighted by Gasteiger charge is 2.30. The lowest BCUT2D eigenvalue weighted by atomic mass is 10.2. The van der Waals surface area contributed by atoms with Crippen molar-refractivity contribution in [1.82, 2.24) is 13.9 Å². The molecule has 9 nitrogen and oxygen atoms in total. The summed E-state index contributed by atoms with van der Waals surface area (Å²) in [6, 6.07) is 19.5. The van der Waals surface area contributed by atoms with Crippen LogP contribution in [0.4, 0.5) is 0 Å². The van der Waals surface area contributed by atoms with Gasteiger partial charge in [-0.05, 0) is 54.3 Å². The van der Waals surface area contributed by atoms with Crippen LogP contribution >= 0.6 is 11.6 Å². The van der Waals surface area contributed by atoms with E-state index < -0.39 is 32.5 Å². The Morgan fingerprint density at radius 2 is 1.62 bits per heavy atom. The van der Waals surface area contributed by atoms with Crippen LogP contribution in [0.1, 0.15) is 24.0 Å². The molecule has 208 valence electrons. The van der Waals surface area contributed by atoms with Crippen molar-refractivity contribution in [2.24, 2.45) is 0 Å². The van der Waals surface area contributed by atoms with E-state index in [9.17, 15) is 21.6 Å². The standard InChI is InChI=1S/C27H30ClN3O6S2/c1-37-25-14-11-23(28)17-26(25)39(35,36)31(19-22-7-3-2-4-8-22)20-27(32)29-18-21-9-12-24(13-10-21)38(33,34)30-15-5-6-16-30/h2-4,7-14,17H,5-6,15-16,18-20H2,1H3,(H,29,32). The Morgan fingerprint density at radius 1 is 0.949 bits per heavy atom. The molecule has 0 radical (unpaired) electrons. The van der Waals surface area contributed by atoms with Crippen molar-refractivity contribution >= 4 is 37.6 Å². The summed E-state index contributed by atoms with van der Waals surface area (Å²) in [5.74, 6) is -0.411. The van der Waals surface area contributed by atoms with E-state index in [1.807, 2.05) is 6.07 Å². The number of nitrogens with one attached hydrogen (secondary N) is 1. The molecular weight excluding hydrogens is 562 g/mol. The first kappa shape index (κ1) is 29.0. The summed E-state index contributed by atoms with van der Waals surface area (Å²) in [6.07, 6.45) is 1.70. The zero-order valence-electron chi connectivity index (χ0n) is 21.4. The number of rotatable bonds is 11. The molecule has 1 N–H and O–H groups in total. The minimum absolute atomic E-state index is 0.0463. The molecule has 3 aromatic rings. The maximum atomic E-state index is 13.7. The van der Waals surface area contributed by atoms with Gasteiger partial charge < -0.3 is 10.1 Å². The number of nitrogens with zero attached hydrogens (tertiary/aromatic N) is 2. The van der Waals surface area contributed by atoms with E-state index in [4.69, 9.17) is 16.3 Å². The molecule has 0 spiro atoms. The number of ether oxygens (including phenoxy) is 1. The molecule has 1 saturated heterocycles. The van der Waals surface area contributed by atoms with Crippen LogP contribution in [0, 0.1) is 0 Å². The zero-order chi connectivity index (χ0) is 28.0.